The second-order valence-electron chi connectivity index (χ2n) is 3.98. The minimum atomic E-state index is -0.666. The smallest absolute Gasteiger partial charge is 0.337 e. The molecule has 0 radical (unpaired) electrons. The Labute approximate surface area is 103 Å². The van der Waals surface area contributed by atoms with Gasteiger partial charge in [-0.2, -0.15) is 0 Å². The Hall–Kier alpha value is -2.33. The number of fused-ring (bicyclic) bond motifs is 3. The van der Waals surface area contributed by atoms with Gasteiger partial charge in [-0.15, -0.1) is 0 Å². The third kappa shape index (κ3) is 1.63. The van der Waals surface area contributed by atoms with Crippen molar-refractivity contribution in [3.05, 3.63) is 42.5 Å². The van der Waals surface area contributed by atoms with Gasteiger partial charge < -0.3 is 14.8 Å². The van der Waals surface area contributed by atoms with E-state index >= 15 is 0 Å². The molecule has 0 aliphatic rings. The van der Waals surface area contributed by atoms with Crippen LogP contribution in [-0.4, -0.2) is 22.7 Å². The summed E-state index contributed by atoms with van der Waals surface area (Å²) in [5.41, 5.74) is 1.75. The highest BCUT2D eigenvalue weighted by molar-refractivity contribution is 6.09. The lowest BCUT2D eigenvalue weighted by molar-refractivity contribution is -0.137. The van der Waals surface area contributed by atoms with Gasteiger partial charge in [0.2, 0.25) is 0 Å². The van der Waals surface area contributed by atoms with Gasteiger partial charge in [0.1, 0.15) is 6.61 Å². The van der Waals surface area contributed by atoms with Gasteiger partial charge in [0.15, 0.2) is 5.75 Å². The second-order valence-corrected chi connectivity index (χ2v) is 3.98. The Balaban J connectivity index is 2.24. The Kier molecular flexibility index (Phi) is 2.50. The number of benzene rings is 2. The standard InChI is InChI=1S/C14H11NO3/c16-8-13(17)18-12-7-3-5-10-9-4-1-2-6-11(9)15-14(10)12/h1-7,15-16H,8H2. The summed E-state index contributed by atoms with van der Waals surface area (Å²) >= 11 is 0. The molecule has 0 amide bonds. The van der Waals surface area contributed by atoms with Crippen LogP contribution in [0.2, 0.25) is 0 Å². The van der Waals surface area contributed by atoms with Crippen LogP contribution in [0, 0.1) is 0 Å². The van der Waals surface area contributed by atoms with Crippen LogP contribution in [0.1, 0.15) is 0 Å². The molecule has 3 rings (SSSR count). The normalized spacial score (nSPS) is 10.9. The summed E-state index contributed by atoms with van der Waals surface area (Å²) < 4.78 is 5.09. The van der Waals surface area contributed by atoms with Gasteiger partial charge in [0.05, 0.1) is 5.52 Å². The fourth-order valence-corrected chi connectivity index (χ4v) is 2.09. The number of carbonyl (C=O) groups excluding carboxylic acids is 1. The SMILES string of the molecule is O=C(CO)Oc1cccc2c1[nH]c1ccccc12. The third-order valence-corrected chi connectivity index (χ3v) is 2.86. The molecular weight excluding hydrogens is 230 g/mol. The van der Waals surface area contributed by atoms with Gasteiger partial charge >= 0.3 is 5.97 Å². The molecule has 4 nitrogen and oxygen atoms in total. The van der Waals surface area contributed by atoms with Crippen LogP contribution in [0.5, 0.6) is 5.75 Å². The van der Waals surface area contributed by atoms with Crippen molar-refractivity contribution >= 4 is 27.8 Å². The first-order chi connectivity index (χ1) is 8.79. The van der Waals surface area contributed by atoms with E-state index in [1.165, 1.54) is 0 Å². The van der Waals surface area contributed by atoms with Crippen LogP contribution in [-0.2, 0) is 4.79 Å². The number of aliphatic hydroxyl groups excluding tert-OH is 1. The van der Waals surface area contributed by atoms with Crippen molar-refractivity contribution in [2.45, 2.75) is 0 Å². The molecule has 4 heteroatoms. The zero-order valence-corrected chi connectivity index (χ0v) is 9.51. The summed E-state index contributed by atoms with van der Waals surface area (Å²) in [4.78, 5) is 14.4. The van der Waals surface area contributed by atoms with Gasteiger partial charge in [-0.25, -0.2) is 4.79 Å². The largest absolute Gasteiger partial charge is 0.423 e. The third-order valence-electron chi connectivity index (χ3n) is 2.86. The van der Waals surface area contributed by atoms with Gasteiger partial charge in [-0.05, 0) is 12.1 Å². The van der Waals surface area contributed by atoms with Crippen molar-refractivity contribution in [1.82, 2.24) is 4.98 Å². The van der Waals surface area contributed by atoms with Gasteiger partial charge in [0.25, 0.3) is 0 Å². The van der Waals surface area contributed by atoms with Crippen LogP contribution in [0.3, 0.4) is 0 Å². The number of para-hydroxylation sites is 2. The number of aliphatic hydroxyl groups is 1. The van der Waals surface area contributed by atoms with Crippen molar-refractivity contribution in [2.75, 3.05) is 6.61 Å². The van der Waals surface area contributed by atoms with Crippen molar-refractivity contribution in [1.29, 1.82) is 0 Å². The number of H-pyrrole nitrogens is 1. The van der Waals surface area contributed by atoms with Crippen LogP contribution < -0.4 is 4.74 Å². The van der Waals surface area contributed by atoms with Crippen molar-refractivity contribution in [2.24, 2.45) is 0 Å². The minimum Gasteiger partial charge on any atom is -0.423 e. The molecule has 0 unspecified atom stereocenters. The summed E-state index contributed by atoms with van der Waals surface area (Å²) in [6.07, 6.45) is 0. The zero-order chi connectivity index (χ0) is 12.5. The quantitative estimate of drug-likeness (QED) is 0.534. The van der Waals surface area contributed by atoms with Crippen LogP contribution in [0.4, 0.5) is 0 Å². The van der Waals surface area contributed by atoms with E-state index in [4.69, 9.17) is 9.84 Å². The molecule has 2 aromatic carbocycles. The van der Waals surface area contributed by atoms with E-state index in [-0.39, 0.29) is 0 Å². The van der Waals surface area contributed by atoms with E-state index in [2.05, 4.69) is 4.98 Å². The lowest BCUT2D eigenvalue weighted by atomic mass is 10.1. The van der Waals surface area contributed by atoms with Crippen molar-refractivity contribution in [3.8, 4) is 5.75 Å². The number of rotatable bonds is 2. The number of nitrogens with one attached hydrogen (secondary N) is 1. The molecule has 0 saturated heterocycles. The summed E-state index contributed by atoms with van der Waals surface area (Å²) in [5.74, 6) is -0.232. The molecular formula is C14H11NO3. The van der Waals surface area contributed by atoms with Crippen LogP contribution >= 0.6 is 0 Å². The Bertz CT molecular complexity index is 730. The predicted octanol–water partition coefficient (Wildman–Crippen LogP) is 2.22. The summed E-state index contributed by atoms with van der Waals surface area (Å²) in [6, 6.07) is 13.4. The molecule has 0 spiro atoms. The Morgan fingerprint density at radius 3 is 2.72 bits per heavy atom. The number of esters is 1. The van der Waals surface area contributed by atoms with E-state index in [1.54, 1.807) is 6.07 Å². The maximum absolute atomic E-state index is 11.2. The maximum Gasteiger partial charge on any atom is 0.337 e. The van der Waals surface area contributed by atoms with Crippen LogP contribution in [0.25, 0.3) is 21.8 Å². The molecule has 2 N–H and O–H groups in total. The molecule has 1 heterocycles. The highest BCUT2D eigenvalue weighted by atomic mass is 16.5. The summed E-state index contributed by atoms with van der Waals surface area (Å²) in [5, 5.41) is 10.8. The first-order valence-corrected chi connectivity index (χ1v) is 5.60. The molecule has 0 aliphatic carbocycles. The predicted molar refractivity (Wildman–Crippen MR) is 68.5 cm³/mol. The van der Waals surface area contributed by atoms with Crippen LogP contribution in [0.15, 0.2) is 42.5 Å². The summed E-state index contributed by atoms with van der Waals surface area (Å²) in [7, 11) is 0. The first-order valence-electron chi connectivity index (χ1n) is 5.60. The summed E-state index contributed by atoms with van der Waals surface area (Å²) in [6.45, 7) is -0.628. The second kappa shape index (κ2) is 4.16. The number of aromatic amines is 1. The number of ether oxygens (including phenoxy) is 1. The molecule has 18 heavy (non-hydrogen) atoms. The Morgan fingerprint density at radius 1 is 1.11 bits per heavy atom. The fourth-order valence-electron chi connectivity index (χ4n) is 2.09. The number of aromatic nitrogens is 1. The van der Waals surface area contributed by atoms with E-state index < -0.39 is 12.6 Å². The minimum absolute atomic E-state index is 0.433. The average molecular weight is 241 g/mol. The average Bonchev–Trinajstić information content (AvgIpc) is 2.78. The fraction of sp³-hybridized carbons (Fsp3) is 0.0714. The molecule has 0 atom stereocenters. The van der Waals surface area contributed by atoms with Gasteiger partial charge in [-0.3, -0.25) is 0 Å². The number of carbonyl (C=O) groups is 1. The van der Waals surface area contributed by atoms with Crippen molar-refractivity contribution < 1.29 is 14.6 Å². The maximum atomic E-state index is 11.2. The molecule has 0 bridgehead atoms. The molecule has 0 fully saturated rings. The lowest BCUT2D eigenvalue weighted by Crippen LogP contribution is -2.12. The van der Waals surface area contributed by atoms with E-state index in [1.807, 2.05) is 36.4 Å². The van der Waals surface area contributed by atoms with E-state index in [0.29, 0.717) is 5.75 Å². The molecule has 0 aliphatic heterocycles. The first kappa shape index (κ1) is 10.8. The van der Waals surface area contributed by atoms with E-state index in [9.17, 15) is 4.79 Å². The van der Waals surface area contributed by atoms with Gasteiger partial charge in [-0.1, -0.05) is 30.3 Å². The topological polar surface area (TPSA) is 62.3 Å². The van der Waals surface area contributed by atoms with Gasteiger partial charge in [0, 0.05) is 16.3 Å². The molecule has 0 saturated carbocycles. The molecule has 3 aromatic rings. The van der Waals surface area contributed by atoms with Crippen molar-refractivity contribution in [3.63, 3.8) is 0 Å². The van der Waals surface area contributed by atoms with E-state index in [0.717, 1.165) is 21.8 Å². The number of hydrogen-bond acceptors (Lipinski definition) is 3. The lowest BCUT2D eigenvalue weighted by Gasteiger charge is -2.03. The molecule has 90 valence electrons. The highest BCUT2D eigenvalue weighted by Gasteiger charge is 2.10. The highest BCUT2D eigenvalue weighted by Crippen LogP contribution is 2.31. The zero-order valence-electron chi connectivity index (χ0n) is 9.51. The monoisotopic (exact) mass is 241 g/mol. The number of hydrogen-bond donors (Lipinski definition) is 2. The molecule has 1 aromatic heterocycles. The Morgan fingerprint density at radius 2 is 1.89 bits per heavy atom.